The van der Waals surface area contributed by atoms with Gasteiger partial charge in [-0.3, -0.25) is 9.59 Å². The van der Waals surface area contributed by atoms with Gasteiger partial charge >= 0.3 is 0 Å². The summed E-state index contributed by atoms with van der Waals surface area (Å²) in [5.41, 5.74) is 0.533. The lowest BCUT2D eigenvalue weighted by atomic mass is 10.2. The van der Waals surface area contributed by atoms with Crippen molar-refractivity contribution < 1.29 is 14.0 Å². The van der Waals surface area contributed by atoms with Crippen LogP contribution in [0.25, 0.3) is 0 Å². The van der Waals surface area contributed by atoms with Gasteiger partial charge in [0.15, 0.2) is 0 Å². The molecule has 27 heavy (non-hydrogen) atoms. The molecule has 0 unspecified atom stereocenters. The van der Waals surface area contributed by atoms with Crippen LogP contribution in [0.15, 0.2) is 47.4 Å². The molecule has 1 fully saturated rings. The quantitative estimate of drug-likeness (QED) is 0.717. The minimum absolute atomic E-state index is 0.0630. The number of carbonyl (C=O) groups is 2. The second-order valence-electron chi connectivity index (χ2n) is 6.26. The van der Waals surface area contributed by atoms with Crippen LogP contribution < -0.4 is 0 Å². The van der Waals surface area contributed by atoms with Gasteiger partial charge in [-0.05, 0) is 43.0 Å². The second-order valence-corrected chi connectivity index (χ2v) is 7.55. The van der Waals surface area contributed by atoms with E-state index in [0.717, 1.165) is 4.90 Å². The van der Waals surface area contributed by atoms with Crippen LogP contribution in [0.5, 0.6) is 0 Å². The van der Waals surface area contributed by atoms with E-state index in [-0.39, 0.29) is 17.4 Å². The summed E-state index contributed by atoms with van der Waals surface area (Å²) in [6, 6.07) is 11.4. The molecule has 0 spiro atoms. The first kappa shape index (κ1) is 19.7. The minimum Gasteiger partial charge on any atom is -0.337 e. The highest BCUT2D eigenvalue weighted by atomic mass is 35.5. The number of rotatable bonds is 3. The van der Waals surface area contributed by atoms with Crippen LogP contribution in [0.4, 0.5) is 4.39 Å². The first-order chi connectivity index (χ1) is 13.0. The van der Waals surface area contributed by atoms with E-state index >= 15 is 0 Å². The zero-order chi connectivity index (χ0) is 19.4. The molecule has 4 nitrogen and oxygen atoms in total. The highest BCUT2D eigenvalue weighted by Gasteiger charge is 2.25. The molecule has 2 amide bonds. The van der Waals surface area contributed by atoms with Crippen LogP contribution in [0.3, 0.4) is 0 Å². The SMILES string of the molecule is CSc1ccc(Cl)c(C(=O)N2CCCN(C(=O)c3ccccc3F)CC2)c1. The van der Waals surface area contributed by atoms with Crippen LogP contribution in [0, 0.1) is 5.82 Å². The second kappa shape index (κ2) is 8.76. The molecule has 1 aliphatic heterocycles. The van der Waals surface area contributed by atoms with E-state index in [9.17, 15) is 14.0 Å². The fourth-order valence-corrected chi connectivity index (χ4v) is 3.73. The molecule has 2 aromatic carbocycles. The van der Waals surface area contributed by atoms with Gasteiger partial charge in [-0.2, -0.15) is 0 Å². The topological polar surface area (TPSA) is 40.6 Å². The minimum atomic E-state index is -0.527. The van der Waals surface area contributed by atoms with Crippen molar-refractivity contribution >= 4 is 35.2 Å². The lowest BCUT2D eigenvalue weighted by molar-refractivity contribution is 0.0716. The van der Waals surface area contributed by atoms with Crippen molar-refractivity contribution in [2.45, 2.75) is 11.3 Å². The van der Waals surface area contributed by atoms with Gasteiger partial charge < -0.3 is 9.80 Å². The molecular formula is C20H20ClFN2O2S. The van der Waals surface area contributed by atoms with Gasteiger partial charge in [-0.15, -0.1) is 11.8 Å². The Morgan fingerprint density at radius 2 is 1.59 bits per heavy atom. The lowest BCUT2D eigenvalue weighted by Crippen LogP contribution is -2.37. The van der Waals surface area contributed by atoms with Crippen LogP contribution in [0.1, 0.15) is 27.1 Å². The first-order valence-corrected chi connectivity index (χ1v) is 10.3. The zero-order valence-corrected chi connectivity index (χ0v) is 16.5. The van der Waals surface area contributed by atoms with E-state index in [0.29, 0.717) is 43.2 Å². The van der Waals surface area contributed by atoms with Crippen LogP contribution in [0.2, 0.25) is 5.02 Å². The Hall–Kier alpha value is -2.05. The third kappa shape index (κ3) is 4.45. The molecule has 1 heterocycles. The molecule has 2 aromatic rings. The number of benzene rings is 2. The summed E-state index contributed by atoms with van der Waals surface area (Å²) in [6.45, 7) is 1.76. The van der Waals surface area contributed by atoms with Crippen molar-refractivity contribution in [3.63, 3.8) is 0 Å². The molecule has 0 N–H and O–H groups in total. The Kier molecular flexibility index (Phi) is 6.39. The smallest absolute Gasteiger partial charge is 0.256 e. The zero-order valence-electron chi connectivity index (χ0n) is 15.0. The van der Waals surface area contributed by atoms with Gasteiger partial charge in [0.25, 0.3) is 11.8 Å². The molecule has 142 valence electrons. The highest BCUT2D eigenvalue weighted by molar-refractivity contribution is 7.98. The van der Waals surface area contributed by atoms with E-state index in [2.05, 4.69) is 0 Å². The molecule has 0 atom stereocenters. The number of amides is 2. The monoisotopic (exact) mass is 406 g/mol. The van der Waals surface area contributed by atoms with Gasteiger partial charge in [0, 0.05) is 31.1 Å². The van der Waals surface area contributed by atoms with Crippen LogP contribution >= 0.6 is 23.4 Å². The Bertz CT molecular complexity index is 862. The Morgan fingerprint density at radius 1 is 0.963 bits per heavy atom. The van der Waals surface area contributed by atoms with Gasteiger partial charge in [0.2, 0.25) is 0 Å². The number of hydrogen-bond donors (Lipinski definition) is 0. The summed E-state index contributed by atoms with van der Waals surface area (Å²) in [4.78, 5) is 29.8. The number of nitrogens with zero attached hydrogens (tertiary/aromatic N) is 2. The lowest BCUT2D eigenvalue weighted by Gasteiger charge is -2.23. The highest BCUT2D eigenvalue weighted by Crippen LogP contribution is 2.25. The van der Waals surface area contributed by atoms with E-state index in [1.54, 1.807) is 45.8 Å². The van der Waals surface area contributed by atoms with E-state index < -0.39 is 5.82 Å². The molecule has 1 saturated heterocycles. The number of halogens is 2. The summed E-state index contributed by atoms with van der Waals surface area (Å²) >= 11 is 7.77. The van der Waals surface area contributed by atoms with Gasteiger partial charge in [0.05, 0.1) is 16.1 Å². The van der Waals surface area contributed by atoms with Crippen molar-refractivity contribution in [1.29, 1.82) is 0 Å². The molecule has 0 radical (unpaired) electrons. The molecule has 0 aliphatic carbocycles. The van der Waals surface area contributed by atoms with Gasteiger partial charge in [-0.25, -0.2) is 4.39 Å². The average molecular weight is 407 g/mol. The van der Waals surface area contributed by atoms with Crippen molar-refractivity contribution in [1.82, 2.24) is 9.80 Å². The Morgan fingerprint density at radius 3 is 2.22 bits per heavy atom. The van der Waals surface area contributed by atoms with Crippen LogP contribution in [-0.2, 0) is 0 Å². The van der Waals surface area contributed by atoms with E-state index in [1.165, 1.54) is 12.1 Å². The summed E-state index contributed by atoms with van der Waals surface area (Å²) in [5.74, 6) is -1.01. The van der Waals surface area contributed by atoms with Gasteiger partial charge in [0.1, 0.15) is 5.82 Å². The van der Waals surface area contributed by atoms with E-state index in [1.807, 2.05) is 12.3 Å². The molecule has 7 heteroatoms. The summed E-state index contributed by atoms with van der Waals surface area (Å²) in [5, 5.41) is 0.418. The maximum Gasteiger partial charge on any atom is 0.256 e. The number of thioether (sulfide) groups is 1. The fourth-order valence-electron chi connectivity index (χ4n) is 3.09. The van der Waals surface area contributed by atoms with Crippen molar-refractivity contribution in [3.05, 3.63) is 64.4 Å². The first-order valence-electron chi connectivity index (χ1n) is 8.68. The summed E-state index contributed by atoms with van der Waals surface area (Å²) in [7, 11) is 0. The average Bonchev–Trinajstić information content (AvgIpc) is 2.94. The maximum absolute atomic E-state index is 13.9. The number of hydrogen-bond acceptors (Lipinski definition) is 3. The maximum atomic E-state index is 13.9. The third-order valence-corrected chi connectivity index (χ3v) is 5.63. The molecule has 0 bridgehead atoms. The van der Waals surface area contributed by atoms with Crippen molar-refractivity contribution in [2.75, 3.05) is 32.4 Å². The predicted octanol–water partition coefficient (Wildman–Crippen LogP) is 4.19. The normalized spacial score (nSPS) is 14.8. The fraction of sp³-hybridized carbons (Fsp3) is 0.300. The Labute approximate surface area is 167 Å². The predicted molar refractivity (Wildman–Crippen MR) is 106 cm³/mol. The molecular weight excluding hydrogens is 387 g/mol. The molecule has 3 rings (SSSR count). The molecule has 0 saturated carbocycles. The number of carbonyl (C=O) groups excluding carboxylic acids is 2. The van der Waals surface area contributed by atoms with Crippen molar-refractivity contribution in [3.8, 4) is 0 Å². The largest absolute Gasteiger partial charge is 0.337 e. The molecule has 1 aliphatic rings. The third-order valence-electron chi connectivity index (χ3n) is 4.58. The van der Waals surface area contributed by atoms with Crippen molar-refractivity contribution in [2.24, 2.45) is 0 Å². The van der Waals surface area contributed by atoms with E-state index in [4.69, 9.17) is 11.6 Å². The van der Waals surface area contributed by atoms with Crippen LogP contribution in [-0.4, -0.2) is 54.0 Å². The summed E-state index contributed by atoms with van der Waals surface area (Å²) < 4.78 is 13.9. The summed E-state index contributed by atoms with van der Waals surface area (Å²) in [6.07, 6.45) is 2.57. The standard InChI is InChI=1S/C20H20ClFN2O2S/c1-27-14-7-8-17(21)16(13-14)20(26)24-10-4-9-23(11-12-24)19(25)15-5-2-3-6-18(15)22/h2-3,5-8,13H,4,9-12H2,1H3. The Balaban J connectivity index is 1.72. The van der Waals surface area contributed by atoms with Gasteiger partial charge in [-0.1, -0.05) is 23.7 Å². The molecule has 0 aromatic heterocycles.